The van der Waals surface area contributed by atoms with Crippen molar-refractivity contribution in [2.75, 3.05) is 19.7 Å². The third-order valence-electron chi connectivity index (χ3n) is 5.79. The lowest BCUT2D eigenvalue weighted by atomic mass is 9.95. The smallest absolute Gasteiger partial charge is 0.276 e. The molecule has 182 valence electrons. The summed E-state index contributed by atoms with van der Waals surface area (Å²) in [5.41, 5.74) is 6.56. The van der Waals surface area contributed by atoms with Crippen LogP contribution in [-0.4, -0.2) is 42.3 Å². The molecule has 34 heavy (non-hydrogen) atoms. The van der Waals surface area contributed by atoms with E-state index in [0.29, 0.717) is 24.7 Å². The van der Waals surface area contributed by atoms with Gasteiger partial charge in [-0.15, -0.1) is 0 Å². The number of hydrazine groups is 1. The zero-order valence-electron chi connectivity index (χ0n) is 19.5. The Morgan fingerprint density at radius 3 is 2.41 bits per heavy atom. The average molecular weight is 474 g/mol. The topological polar surface area (TPSA) is 87.7 Å². The molecule has 0 bridgehead atoms. The monoisotopic (exact) mass is 473 g/mol. The lowest BCUT2D eigenvalue weighted by molar-refractivity contribution is -0.132. The summed E-state index contributed by atoms with van der Waals surface area (Å²) >= 11 is 0. The third-order valence-corrected chi connectivity index (χ3v) is 5.79. The largest absolute Gasteiger partial charge is 0.483 e. The van der Waals surface area contributed by atoms with E-state index in [2.05, 4.69) is 10.9 Å². The summed E-state index contributed by atoms with van der Waals surface area (Å²) in [6.45, 7) is 6.25. The number of amides is 3. The number of carbonyl (C=O) groups is 3. The van der Waals surface area contributed by atoms with Gasteiger partial charge in [0.1, 0.15) is 17.4 Å². The van der Waals surface area contributed by atoms with E-state index in [1.165, 1.54) is 4.90 Å². The molecule has 0 saturated carbocycles. The molecule has 2 N–H and O–H groups in total. The van der Waals surface area contributed by atoms with Gasteiger partial charge in [0.2, 0.25) is 5.91 Å². The summed E-state index contributed by atoms with van der Waals surface area (Å²) in [6.07, 6.45) is 0.710. The normalized spacial score (nSPS) is 14.1. The van der Waals surface area contributed by atoms with Crippen molar-refractivity contribution >= 4 is 17.7 Å². The Labute approximate surface area is 197 Å². The number of carbonyl (C=O) groups excluding carboxylic acids is 3. The molecule has 0 radical (unpaired) electrons. The number of hydrogen-bond acceptors (Lipinski definition) is 4. The van der Waals surface area contributed by atoms with Crippen LogP contribution in [0.2, 0.25) is 0 Å². The number of aryl methyl sites for hydroxylation is 1. The second-order valence-electron chi connectivity index (χ2n) is 8.71. The van der Waals surface area contributed by atoms with E-state index in [4.69, 9.17) is 4.74 Å². The van der Waals surface area contributed by atoms with Crippen LogP contribution in [0, 0.1) is 24.5 Å². The lowest BCUT2D eigenvalue weighted by Crippen LogP contribution is -2.49. The SMILES string of the molecule is Cc1ccc(C(C)C)c(OCC(=O)NNC(=O)C2CCN(C(=O)c3ccc(F)cc3F)CC2)c1. The number of halogens is 2. The minimum atomic E-state index is -0.916. The molecular weight excluding hydrogens is 444 g/mol. The standard InChI is InChI=1S/C25H29F2N3O4/c1-15(2)19-6-4-16(3)12-22(19)34-14-23(31)28-29-24(32)17-8-10-30(11-9-17)25(33)20-7-5-18(26)13-21(20)27/h4-7,12-13,15,17H,8-11,14H2,1-3H3,(H,28,31)(H,29,32). The van der Waals surface area contributed by atoms with Gasteiger partial charge in [0.25, 0.3) is 11.8 Å². The van der Waals surface area contributed by atoms with Crippen LogP contribution in [0.3, 0.4) is 0 Å². The molecule has 0 aromatic heterocycles. The first-order chi connectivity index (χ1) is 16.2. The maximum atomic E-state index is 13.9. The highest BCUT2D eigenvalue weighted by Crippen LogP contribution is 2.27. The van der Waals surface area contributed by atoms with Gasteiger partial charge >= 0.3 is 0 Å². The van der Waals surface area contributed by atoms with E-state index in [9.17, 15) is 23.2 Å². The van der Waals surface area contributed by atoms with Crippen LogP contribution in [0.15, 0.2) is 36.4 Å². The van der Waals surface area contributed by atoms with Crippen molar-refractivity contribution in [3.05, 3.63) is 64.7 Å². The maximum Gasteiger partial charge on any atom is 0.276 e. The predicted octanol–water partition coefficient (Wildman–Crippen LogP) is 3.48. The Hall–Kier alpha value is -3.49. The van der Waals surface area contributed by atoms with Gasteiger partial charge in [0.05, 0.1) is 5.56 Å². The molecule has 1 aliphatic heterocycles. The first kappa shape index (κ1) is 25.1. The molecular formula is C25H29F2N3O4. The van der Waals surface area contributed by atoms with Gasteiger partial charge in [0, 0.05) is 25.1 Å². The Balaban J connectivity index is 1.44. The molecule has 9 heteroatoms. The van der Waals surface area contributed by atoms with Gasteiger partial charge in [-0.2, -0.15) is 0 Å². The van der Waals surface area contributed by atoms with Crippen LogP contribution in [0.5, 0.6) is 5.75 Å². The Morgan fingerprint density at radius 1 is 1.06 bits per heavy atom. The van der Waals surface area contributed by atoms with Crippen LogP contribution in [0.1, 0.15) is 54.1 Å². The van der Waals surface area contributed by atoms with Crippen LogP contribution < -0.4 is 15.6 Å². The van der Waals surface area contributed by atoms with Crippen molar-refractivity contribution in [1.82, 2.24) is 15.8 Å². The van der Waals surface area contributed by atoms with Crippen molar-refractivity contribution < 1.29 is 27.9 Å². The zero-order valence-corrected chi connectivity index (χ0v) is 19.5. The summed E-state index contributed by atoms with van der Waals surface area (Å²) in [4.78, 5) is 38.5. The first-order valence-corrected chi connectivity index (χ1v) is 11.2. The number of piperidine rings is 1. The van der Waals surface area contributed by atoms with Crippen LogP contribution in [-0.2, 0) is 9.59 Å². The molecule has 3 amide bonds. The van der Waals surface area contributed by atoms with E-state index in [-0.39, 0.29) is 37.1 Å². The fourth-order valence-corrected chi connectivity index (χ4v) is 3.83. The zero-order chi connectivity index (χ0) is 24.8. The Morgan fingerprint density at radius 2 is 1.76 bits per heavy atom. The fraction of sp³-hybridized carbons (Fsp3) is 0.400. The van der Waals surface area contributed by atoms with Crippen molar-refractivity contribution in [1.29, 1.82) is 0 Å². The summed E-state index contributed by atoms with van der Waals surface area (Å²) < 4.78 is 32.6. The number of hydrogen-bond donors (Lipinski definition) is 2. The van der Waals surface area contributed by atoms with Crippen LogP contribution >= 0.6 is 0 Å². The summed E-state index contributed by atoms with van der Waals surface area (Å²) in [7, 11) is 0. The molecule has 0 spiro atoms. The van der Waals surface area contributed by atoms with E-state index in [1.54, 1.807) is 0 Å². The number of rotatable bonds is 6. The van der Waals surface area contributed by atoms with Gasteiger partial charge in [0.15, 0.2) is 6.61 Å². The third kappa shape index (κ3) is 6.30. The predicted molar refractivity (Wildman–Crippen MR) is 122 cm³/mol. The van der Waals surface area contributed by atoms with Crippen LogP contribution in [0.25, 0.3) is 0 Å². The fourth-order valence-electron chi connectivity index (χ4n) is 3.83. The second-order valence-corrected chi connectivity index (χ2v) is 8.71. The number of likely N-dealkylation sites (tertiary alicyclic amines) is 1. The Bertz CT molecular complexity index is 1070. The van der Waals surface area contributed by atoms with Crippen molar-refractivity contribution in [3.63, 3.8) is 0 Å². The maximum absolute atomic E-state index is 13.9. The van der Waals surface area contributed by atoms with E-state index >= 15 is 0 Å². The average Bonchev–Trinajstić information content (AvgIpc) is 2.80. The number of nitrogens with one attached hydrogen (secondary N) is 2. The van der Waals surface area contributed by atoms with Gasteiger partial charge in [-0.05, 0) is 55.0 Å². The molecule has 0 atom stereocenters. The molecule has 1 heterocycles. The second kappa shape index (κ2) is 11.1. The summed E-state index contributed by atoms with van der Waals surface area (Å²) in [6, 6.07) is 8.64. The quantitative estimate of drug-likeness (QED) is 0.629. The van der Waals surface area contributed by atoms with E-state index in [0.717, 1.165) is 23.3 Å². The Kier molecular flexibility index (Phi) is 8.20. The molecule has 2 aromatic rings. The van der Waals surface area contributed by atoms with Crippen molar-refractivity contribution in [3.8, 4) is 5.75 Å². The van der Waals surface area contributed by atoms with E-state index < -0.39 is 29.4 Å². The minimum absolute atomic E-state index is 0.203. The van der Waals surface area contributed by atoms with Crippen LogP contribution in [0.4, 0.5) is 8.78 Å². The van der Waals surface area contributed by atoms with E-state index in [1.807, 2.05) is 39.0 Å². The van der Waals surface area contributed by atoms with Gasteiger partial charge < -0.3 is 9.64 Å². The van der Waals surface area contributed by atoms with Crippen molar-refractivity contribution in [2.45, 2.75) is 39.5 Å². The van der Waals surface area contributed by atoms with Gasteiger partial charge in [-0.1, -0.05) is 26.0 Å². The van der Waals surface area contributed by atoms with Gasteiger partial charge in [-0.3, -0.25) is 25.2 Å². The first-order valence-electron chi connectivity index (χ1n) is 11.2. The highest BCUT2D eigenvalue weighted by Gasteiger charge is 2.29. The highest BCUT2D eigenvalue weighted by molar-refractivity contribution is 5.94. The lowest BCUT2D eigenvalue weighted by Gasteiger charge is -2.31. The molecule has 3 rings (SSSR count). The van der Waals surface area contributed by atoms with Gasteiger partial charge in [-0.25, -0.2) is 8.78 Å². The highest BCUT2D eigenvalue weighted by atomic mass is 19.1. The molecule has 1 saturated heterocycles. The molecule has 0 unspecified atom stereocenters. The molecule has 1 fully saturated rings. The molecule has 1 aliphatic rings. The van der Waals surface area contributed by atoms with Crippen molar-refractivity contribution in [2.24, 2.45) is 5.92 Å². The molecule has 0 aliphatic carbocycles. The minimum Gasteiger partial charge on any atom is -0.483 e. The number of benzene rings is 2. The molecule has 7 nitrogen and oxygen atoms in total. The number of ether oxygens (including phenoxy) is 1. The molecule has 2 aromatic carbocycles. The summed E-state index contributed by atoms with van der Waals surface area (Å²) in [5, 5.41) is 0. The number of nitrogens with zero attached hydrogens (tertiary/aromatic N) is 1. The summed E-state index contributed by atoms with van der Waals surface area (Å²) in [5.74, 6) is -2.62.